The van der Waals surface area contributed by atoms with Crippen LogP contribution in [0.5, 0.6) is 0 Å². The van der Waals surface area contributed by atoms with Crippen LogP contribution in [0, 0.1) is 12.8 Å². The number of nitrogens with zero attached hydrogens (tertiary/aromatic N) is 2. The minimum Gasteiger partial charge on any atom is -0.301 e. The van der Waals surface area contributed by atoms with E-state index in [4.69, 9.17) is 0 Å². The Labute approximate surface area is 128 Å². The molecule has 0 amide bonds. The first-order chi connectivity index (χ1) is 9.89. The van der Waals surface area contributed by atoms with Crippen molar-refractivity contribution in [2.75, 3.05) is 32.7 Å². The van der Waals surface area contributed by atoms with Gasteiger partial charge in [0, 0.05) is 26.2 Å². The quantitative estimate of drug-likeness (QED) is 0.838. The van der Waals surface area contributed by atoms with Crippen molar-refractivity contribution in [3.63, 3.8) is 0 Å². The standard InChI is InChI=1S/C16H26N2O2S/c1-14(2)8-9-17-10-12-18(13-11-17)21(19,20)16-6-4-15(3)5-7-16/h4-7,14H,8-13H2,1-3H3. The van der Waals surface area contributed by atoms with Crippen molar-refractivity contribution in [1.29, 1.82) is 0 Å². The first-order valence-electron chi connectivity index (χ1n) is 7.69. The molecule has 2 rings (SSSR count). The first-order valence-corrected chi connectivity index (χ1v) is 9.13. The molecule has 0 spiro atoms. The van der Waals surface area contributed by atoms with E-state index in [1.807, 2.05) is 19.1 Å². The van der Waals surface area contributed by atoms with Crippen LogP contribution < -0.4 is 0 Å². The summed E-state index contributed by atoms with van der Waals surface area (Å²) in [5.41, 5.74) is 1.08. The minimum absolute atomic E-state index is 0.406. The summed E-state index contributed by atoms with van der Waals surface area (Å²) in [6.45, 7) is 10.3. The fraction of sp³-hybridized carbons (Fsp3) is 0.625. The molecule has 21 heavy (non-hydrogen) atoms. The van der Waals surface area contributed by atoms with E-state index in [0.29, 0.717) is 23.9 Å². The average molecular weight is 310 g/mol. The Balaban J connectivity index is 1.96. The number of sulfonamides is 1. The van der Waals surface area contributed by atoms with Crippen molar-refractivity contribution in [3.8, 4) is 0 Å². The van der Waals surface area contributed by atoms with Gasteiger partial charge < -0.3 is 4.90 Å². The maximum absolute atomic E-state index is 12.6. The van der Waals surface area contributed by atoms with Crippen LogP contribution in [0.15, 0.2) is 29.2 Å². The predicted octanol–water partition coefficient (Wildman–Crippen LogP) is 2.35. The van der Waals surface area contributed by atoms with Gasteiger partial charge in [-0.3, -0.25) is 0 Å². The zero-order valence-electron chi connectivity index (χ0n) is 13.2. The third-order valence-corrected chi connectivity index (χ3v) is 5.93. The molecule has 1 heterocycles. The maximum Gasteiger partial charge on any atom is 0.243 e. The van der Waals surface area contributed by atoms with Crippen LogP contribution in [0.3, 0.4) is 0 Å². The minimum atomic E-state index is -3.33. The van der Waals surface area contributed by atoms with Crippen LogP contribution in [-0.2, 0) is 10.0 Å². The molecule has 1 saturated heterocycles. The summed E-state index contributed by atoms with van der Waals surface area (Å²) in [4.78, 5) is 2.77. The van der Waals surface area contributed by atoms with E-state index in [-0.39, 0.29) is 0 Å². The molecule has 0 bridgehead atoms. The zero-order valence-corrected chi connectivity index (χ0v) is 14.1. The molecule has 0 aliphatic carbocycles. The zero-order chi connectivity index (χ0) is 15.5. The largest absolute Gasteiger partial charge is 0.301 e. The molecule has 1 aromatic rings. The van der Waals surface area contributed by atoms with Gasteiger partial charge in [-0.1, -0.05) is 31.5 Å². The van der Waals surface area contributed by atoms with E-state index in [1.54, 1.807) is 16.4 Å². The molecule has 0 atom stereocenters. The van der Waals surface area contributed by atoms with Crippen LogP contribution in [0.2, 0.25) is 0 Å². The number of benzene rings is 1. The monoisotopic (exact) mass is 310 g/mol. The molecule has 0 radical (unpaired) electrons. The van der Waals surface area contributed by atoms with Gasteiger partial charge in [0.2, 0.25) is 10.0 Å². The summed E-state index contributed by atoms with van der Waals surface area (Å²) in [7, 11) is -3.33. The number of hydrogen-bond acceptors (Lipinski definition) is 3. The van der Waals surface area contributed by atoms with Gasteiger partial charge in [0.15, 0.2) is 0 Å². The van der Waals surface area contributed by atoms with Gasteiger partial charge >= 0.3 is 0 Å². The van der Waals surface area contributed by atoms with E-state index in [2.05, 4.69) is 18.7 Å². The number of hydrogen-bond donors (Lipinski definition) is 0. The highest BCUT2D eigenvalue weighted by Gasteiger charge is 2.28. The Morgan fingerprint density at radius 3 is 2.14 bits per heavy atom. The van der Waals surface area contributed by atoms with Crippen molar-refractivity contribution in [3.05, 3.63) is 29.8 Å². The summed E-state index contributed by atoms with van der Waals surface area (Å²) < 4.78 is 26.8. The van der Waals surface area contributed by atoms with Crippen LogP contribution >= 0.6 is 0 Å². The number of piperazine rings is 1. The Hall–Kier alpha value is -0.910. The van der Waals surface area contributed by atoms with E-state index < -0.39 is 10.0 Å². The Morgan fingerprint density at radius 1 is 1.05 bits per heavy atom. The van der Waals surface area contributed by atoms with E-state index in [9.17, 15) is 8.42 Å². The lowest BCUT2D eigenvalue weighted by Crippen LogP contribution is -2.48. The third-order valence-electron chi connectivity index (χ3n) is 4.01. The summed E-state index contributed by atoms with van der Waals surface area (Å²) in [5.74, 6) is 0.694. The molecule has 118 valence electrons. The predicted molar refractivity (Wildman–Crippen MR) is 85.8 cm³/mol. The second kappa shape index (κ2) is 6.90. The van der Waals surface area contributed by atoms with Crippen LogP contribution in [0.4, 0.5) is 0 Å². The van der Waals surface area contributed by atoms with Gasteiger partial charge in [-0.15, -0.1) is 0 Å². The molecular formula is C16H26N2O2S. The molecule has 5 heteroatoms. The Bertz CT molecular complexity index is 544. The number of rotatable bonds is 5. The van der Waals surface area contributed by atoms with E-state index in [1.165, 1.54) is 6.42 Å². The van der Waals surface area contributed by atoms with Gasteiger partial charge in [0.25, 0.3) is 0 Å². The van der Waals surface area contributed by atoms with E-state index >= 15 is 0 Å². The number of aryl methyl sites for hydroxylation is 1. The molecule has 0 aromatic heterocycles. The van der Waals surface area contributed by atoms with Crippen molar-refractivity contribution in [2.45, 2.75) is 32.1 Å². The van der Waals surface area contributed by atoms with Crippen LogP contribution in [-0.4, -0.2) is 50.3 Å². The van der Waals surface area contributed by atoms with E-state index in [0.717, 1.165) is 25.2 Å². The van der Waals surface area contributed by atoms with Gasteiger partial charge in [-0.05, 0) is 37.9 Å². The summed E-state index contributed by atoms with van der Waals surface area (Å²) in [5, 5.41) is 0. The Kier molecular flexibility index (Phi) is 5.41. The highest BCUT2D eigenvalue weighted by atomic mass is 32.2. The topological polar surface area (TPSA) is 40.6 Å². The highest BCUT2D eigenvalue weighted by Crippen LogP contribution is 2.18. The molecule has 0 unspecified atom stereocenters. The smallest absolute Gasteiger partial charge is 0.243 e. The van der Waals surface area contributed by atoms with Gasteiger partial charge in [-0.2, -0.15) is 4.31 Å². The summed E-state index contributed by atoms with van der Waals surface area (Å²) in [6, 6.07) is 7.11. The molecule has 0 saturated carbocycles. The second-order valence-electron chi connectivity index (χ2n) is 6.24. The lowest BCUT2D eigenvalue weighted by Gasteiger charge is -2.34. The van der Waals surface area contributed by atoms with Crippen molar-refractivity contribution >= 4 is 10.0 Å². The normalized spacial score (nSPS) is 18.3. The first kappa shape index (κ1) is 16.5. The van der Waals surface area contributed by atoms with Crippen LogP contribution in [0.25, 0.3) is 0 Å². The molecule has 0 N–H and O–H groups in total. The van der Waals surface area contributed by atoms with Gasteiger partial charge in [0.1, 0.15) is 0 Å². The van der Waals surface area contributed by atoms with Crippen molar-refractivity contribution in [1.82, 2.24) is 9.21 Å². The van der Waals surface area contributed by atoms with Gasteiger partial charge in [-0.25, -0.2) is 8.42 Å². The third kappa shape index (κ3) is 4.28. The van der Waals surface area contributed by atoms with Gasteiger partial charge in [0.05, 0.1) is 4.90 Å². The fourth-order valence-electron chi connectivity index (χ4n) is 2.49. The van der Waals surface area contributed by atoms with Crippen LogP contribution in [0.1, 0.15) is 25.8 Å². The maximum atomic E-state index is 12.6. The van der Waals surface area contributed by atoms with Crippen molar-refractivity contribution in [2.24, 2.45) is 5.92 Å². The molecule has 4 nitrogen and oxygen atoms in total. The molecular weight excluding hydrogens is 284 g/mol. The highest BCUT2D eigenvalue weighted by molar-refractivity contribution is 7.89. The fourth-order valence-corrected chi connectivity index (χ4v) is 3.92. The lowest BCUT2D eigenvalue weighted by molar-refractivity contribution is 0.180. The Morgan fingerprint density at radius 2 is 1.62 bits per heavy atom. The molecule has 1 aromatic carbocycles. The molecule has 1 aliphatic rings. The molecule has 1 aliphatic heterocycles. The average Bonchev–Trinajstić information content (AvgIpc) is 2.46. The second-order valence-corrected chi connectivity index (χ2v) is 8.18. The van der Waals surface area contributed by atoms with Crippen molar-refractivity contribution < 1.29 is 8.42 Å². The molecule has 1 fully saturated rings. The lowest BCUT2D eigenvalue weighted by atomic mass is 10.1. The SMILES string of the molecule is Cc1ccc(S(=O)(=O)N2CCN(CCC(C)C)CC2)cc1. The summed E-state index contributed by atoms with van der Waals surface area (Å²) in [6.07, 6.45) is 1.17. The summed E-state index contributed by atoms with van der Waals surface area (Å²) >= 11 is 0.